The third-order valence-electron chi connectivity index (χ3n) is 1.13. The van der Waals surface area contributed by atoms with Gasteiger partial charge in [0.15, 0.2) is 5.82 Å². The molecular formula is C6H6F3N3S. The van der Waals surface area contributed by atoms with E-state index in [1.165, 1.54) is 18.3 Å². The van der Waals surface area contributed by atoms with Gasteiger partial charge in [0.1, 0.15) is 0 Å². The lowest BCUT2D eigenvalue weighted by Crippen LogP contribution is -2.10. The number of alkyl halides is 3. The van der Waals surface area contributed by atoms with E-state index >= 15 is 0 Å². The Morgan fingerprint density at radius 2 is 2.15 bits per heavy atom. The molecule has 1 aromatic heterocycles. The molecule has 0 spiro atoms. The van der Waals surface area contributed by atoms with Gasteiger partial charge < -0.3 is 5.43 Å². The number of hydrogen-bond acceptors (Lipinski definition) is 4. The first-order valence-electron chi connectivity index (χ1n) is 3.20. The first kappa shape index (κ1) is 10.1. The van der Waals surface area contributed by atoms with Crippen molar-refractivity contribution in [3.05, 3.63) is 18.3 Å². The molecule has 0 fully saturated rings. The number of hydrazine groups is 1. The molecule has 0 aliphatic carbocycles. The van der Waals surface area contributed by atoms with E-state index in [4.69, 9.17) is 5.84 Å². The number of nitrogens with zero attached hydrogens (tertiary/aromatic N) is 1. The molecule has 7 heteroatoms. The summed E-state index contributed by atoms with van der Waals surface area (Å²) in [5.41, 5.74) is -2.24. The summed E-state index contributed by atoms with van der Waals surface area (Å²) in [6.45, 7) is 0. The molecule has 0 aromatic carbocycles. The van der Waals surface area contributed by atoms with E-state index in [9.17, 15) is 13.2 Å². The van der Waals surface area contributed by atoms with Gasteiger partial charge in [0, 0.05) is 6.20 Å². The van der Waals surface area contributed by atoms with Crippen molar-refractivity contribution in [1.29, 1.82) is 0 Å². The van der Waals surface area contributed by atoms with Crippen LogP contribution in [0.1, 0.15) is 0 Å². The summed E-state index contributed by atoms with van der Waals surface area (Å²) in [7, 11) is 0. The SMILES string of the molecule is NNc1ncccc1SC(F)(F)F. The summed E-state index contributed by atoms with van der Waals surface area (Å²) < 4.78 is 35.8. The van der Waals surface area contributed by atoms with E-state index < -0.39 is 5.51 Å². The number of aromatic nitrogens is 1. The van der Waals surface area contributed by atoms with Crippen molar-refractivity contribution in [3.8, 4) is 0 Å². The Kier molecular flexibility index (Phi) is 2.99. The lowest BCUT2D eigenvalue weighted by Gasteiger charge is -2.08. The third-order valence-corrected chi connectivity index (χ3v) is 1.91. The Hall–Kier alpha value is -0.950. The Morgan fingerprint density at radius 3 is 2.69 bits per heavy atom. The first-order chi connectivity index (χ1) is 6.03. The molecule has 0 atom stereocenters. The molecule has 13 heavy (non-hydrogen) atoms. The fraction of sp³-hybridized carbons (Fsp3) is 0.167. The fourth-order valence-electron chi connectivity index (χ4n) is 0.706. The number of thioether (sulfide) groups is 1. The van der Waals surface area contributed by atoms with Crippen LogP contribution in [0.25, 0.3) is 0 Å². The predicted octanol–water partition coefficient (Wildman–Crippen LogP) is 1.98. The normalized spacial score (nSPS) is 11.4. The molecule has 0 unspecified atom stereocenters. The summed E-state index contributed by atoms with van der Waals surface area (Å²) in [5.74, 6) is 4.99. The molecule has 1 aromatic rings. The van der Waals surface area contributed by atoms with Gasteiger partial charge in [-0.2, -0.15) is 13.2 Å². The minimum atomic E-state index is -4.32. The zero-order valence-electron chi connectivity index (χ0n) is 6.30. The van der Waals surface area contributed by atoms with E-state index in [0.717, 1.165) is 0 Å². The molecule has 72 valence electrons. The van der Waals surface area contributed by atoms with Crippen molar-refractivity contribution in [3.63, 3.8) is 0 Å². The van der Waals surface area contributed by atoms with E-state index in [2.05, 4.69) is 10.4 Å². The van der Waals surface area contributed by atoms with Crippen molar-refractivity contribution in [2.75, 3.05) is 5.43 Å². The largest absolute Gasteiger partial charge is 0.446 e. The van der Waals surface area contributed by atoms with Crippen LogP contribution in [0.3, 0.4) is 0 Å². The van der Waals surface area contributed by atoms with Gasteiger partial charge in [0.05, 0.1) is 4.90 Å². The maximum atomic E-state index is 11.9. The smallest absolute Gasteiger partial charge is 0.308 e. The molecule has 0 saturated heterocycles. The van der Waals surface area contributed by atoms with E-state index in [1.807, 2.05) is 0 Å². The van der Waals surface area contributed by atoms with Crippen molar-refractivity contribution in [1.82, 2.24) is 4.98 Å². The summed E-state index contributed by atoms with van der Waals surface area (Å²) in [4.78, 5) is 3.58. The highest BCUT2D eigenvalue weighted by molar-refractivity contribution is 8.00. The maximum Gasteiger partial charge on any atom is 0.446 e. The van der Waals surface area contributed by atoms with Crippen LogP contribution >= 0.6 is 11.8 Å². The molecule has 0 saturated carbocycles. The molecule has 1 rings (SSSR count). The van der Waals surface area contributed by atoms with Crippen LogP contribution in [-0.2, 0) is 0 Å². The molecule has 0 aliphatic heterocycles. The topological polar surface area (TPSA) is 50.9 Å². The van der Waals surface area contributed by atoms with Crippen molar-refractivity contribution < 1.29 is 13.2 Å². The van der Waals surface area contributed by atoms with Crippen LogP contribution in [0.4, 0.5) is 19.0 Å². The van der Waals surface area contributed by atoms with Crippen LogP contribution in [-0.4, -0.2) is 10.5 Å². The Balaban J connectivity index is 2.87. The Morgan fingerprint density at radius 1 is 1.46 bits per heavy atom. The molecule has 0 aliphatic rings. The number of hydrogen-bond donors (Lipinski definition) is 2. The van der Waals surface area contributed by atoms with Gasteiger partial charge in [-0.25, -0.2) is 10.8 Å². The summed E-state index contributed by atoms with van der Waals surface area (Å²) in [6, 6.07) is 2.70. The lowest BCUT2D eigenvalue weighted by atomic mass is 10.5. The molecule has 3 nitrogen and oxygen atoms in total. The number of rotatable bonds is 2. The van der Waals surface area contributed by atoms with Crippen molar-refractivity contribution in [2.24, 2.45) is 5.84 Å². The maximum absolute atomic E-state index is 11.9. The van der Waals surface area contributed by atoms with Gasteiger partial charge in [0.2, 0.25) is 0 Å². The quantitative estimate of drug-likeness (QED) is 0.444. The number of nitrogen functional groups attached to an aromatic ring is 1. The van der Waals surface area contributed by atoms with Gasteiger partial charge in [-0.3, -0.25) is 0 Å². The second-order valence-electron chi connectivity index (χ2n) is 2.04. The van der Waals surface area contributed by atoms with Crippen molar-refractivity contribution in [2.45, 2.75) is 10.4 Å². The zero-order valence-corrected chi connectivity index (χ0v) is 7.12. The molecular weight excluding hydrogens is 203 g/mol. The predicted molar refractivity (Wildman–Crippen MR) is 44.0 cm³/mol. The minimum absolute atomic E-state index is 0.0184. The average Bonchev–Trinajstić information content (AvgIpc) is 2.02. The molecule has 0 radical (unpaired) electrons. The Bertz CT molecular complexity index is 289. The number of anilines is 1. The lowest BCUT2D eigenvalue weighted by molar-refractivity contribution is -0.0328. The van der Waals surface area contributed by atoms with Gasteiger partial charge in [0.25, 0.3) is 0 Å². The van der Waals surface area contributed by atoms with Crippen molar-refractivity contribution >= 4 is 17.6 Å². The third kappa shape index (κ3) is 3.11. The van der Waals surface area contributed by atoms with Crippen LogP contribution in [0.15, 0.2) is 23.2 Å². The van der Waals surface area contributed by atoms with Gasteiger partial charge in [-0.15, -0.1) is 0 Å². The average molecular weight is 209 g/mol. The second kappa shape index (κ2) is 3.84. The van der Waals surface area contributed by atoms with E-state index in [1.54, 1.807) is 0 Å². The molecule has 0 bridgehead atoms. The number of nitrogens with two attached hydrogens (primary N) is 1. The van der Waals surface area contributed by atoms with E-state index in [0.29, 0.717) is 0 Å². The van der Waals surface area contributed by atoms with Gasteiger partial charge in [-0.1, -0.05) is 0 Å². The summed E-state index contributed by atoms with van der Waals surface area (Å²) >= 11 is -0.253. The molecule has 0 amide bonds. The molecule has 1 heterocycles. The van der Waals surface area contributed by atoms with Crippen LogP contribution in [0.5, 0.6) is 0 Å². The van der Waals surface area contributed by atoms with E-state index in [-0.39, 0.29) is 22.5 Å². The van der Waals surface area contributed by atoms with Crippen LogP contribution in [0.2, 0.25) is 0 Å². The zero-order chi connectivity index (χ0) is 9.90. The number of nitrogens with one attached hydrogen (secondary N) is 1. The Labute approximate surface area is 76.5 Å². The standard InChI is InChI=1S/C6H6F3N3S/c7-6(8,9)13-4-2-1-3-11-5(4)12-10/h1-3H,10H2,(H,11,12). The highest BCUT2D eigenvalue weighted by atomic mass is 32.2. The monoisotopic (exact) mass is 209 g/mol. The van der Waals surface area contributed by atoms with Crippen LogP contribution < -0.4 is 11.3 Å². The fourth-order valence-corrected chi connectivity index (χ4v) is 1.31. The highest BCUT2D eigenvalue weighted by Crippen LogP contribution is 2.39. The van der Waals surface area contributed by atoms with Gasteiger partial charge in [-0.05, 0) is 23.9 Å². The number of halogens is 3. The number of pyridine rings is 1. The van der Waals surface area contributed by atoms with Gasteiger partial charge >= 0.3 is 5.51 Å². The minimum Gasteiger partial charge on any atom is -0.308 e. The second-order valence-corrected chi connectivity index (χ2v) is 3.15. The summed E-state index contributed by atoms with van der Waals surface area (Å²) in [6.07, 6.45) is 1.36. The first-order valence-corrected chi connectivity index (χ1v) is 4.02. The highest BCUT2D eigenvalue weighted by Gasteiger charge is 2.30. The summed E-state index contributed by atoms with van der Waals surface area (Å²) in [5, 5.41) is 0. The van der Waals surface area contributed by atoms with Crippen LogP contribution in [0, 0.1) is 0 Å². The molecule has 3 N–H and O–H groups in total.